The molecule has 132 valence electrons. The summed E-state index contributed by atoms with van der Waals surface area (Å²) in [5.41, 5.74) is 0.578. The fraction of sp³-hybridized carbons (Fsp3) is 0.562. The molecule has 2 rings (SSSR count). The van der Waals surface area contributed by atoms with Crippen LogP contribution in [0, 0.1) is 17.1 Å². The SMILES string of the molecule is CN(C)c1ccc(CN2C[C@H](O)[C@@H](O)[C@H](O)[C@@H]2CO)c(F)c1C#N. The van der Waals surface area contributed by atoms with Crippen LogP contribution in [0.5, 0.6) is 0 Å². The fourth-order valence-electron chi connectivity index (χ4n) is 2.99. The van der Waals surface area contributed by atoms with E-state index in [1.165, 1.54) is 11.0 Å². The summed E-state index contributed by atoms with van der Waals surface area (Å²) in [4.78, 5) is 3.13. The van der Waals surface area contributed by atoms with E-state index in [1.54, 1.807) is 25.1 Å². The number of rotatable bonds is 4. The Morgan fingerprint density at radius 1 is 1.29 bits per heavy atom. The van der Waals surface area contributed by atoms with Crippen LogP contribution in [0.15, 0.2) is 12.1 Å². The summed E-state index contributed by atoms with van der Waals surface area (Å²) in [6, 6.07) is 4.17. The van der Waals surface area contributed by atoms with Crippen LogP contribution in [-0.4, -0.2) is 76.9 Å². The van der Waals surface area contributed by atoms with Gasteiger partial charge in [0.25, 0.3) is 0 Å². The molecule has 1 aliphatic heterocycles. The Morgan fingerprint density at radius 2 is 1.96 bits per heavy atom. The highest BCUT2D eigenvalue weighted by atomic mass is 19.1. The first-order chi connectivity index (χ1) is 11.3. The lowest BCUT2D eigenvalue weighted by Gasteiger charge is -2.43. The summed E-state index contributed by atoms with van der Waals surface area (Å²) in [5.74, 6) is -0.671. The number of likely N-dealkylation sites (tertiary alicyclic amines) is 1. The Balaban J connectivity index is 2.32. The van der Waals surface area contributed by atoms with Gasteiger partial charge in [-0.2, -0.15) is 5.26 Å². The number of nitrogens with zero attached hydrogens (tertiary/aromatic N) is 3. The first-order valence-electron chi connectivity index (χ1n) is 7.59. The van der Waals surface area contributed by atoms with Gasteiger partial charge >= 0.3 is 0 Å². The molecule has 0 aromatic heterocycles. The third kappa shape index (κ3) is 3.36. The largest absolute Gasteiger partial charge is 0.395 e. The van der Waals surface area contributed by atoms with Crippen molar-refractivity contribution in [1.82, 2.24) is 4.90 Å². The van der Waals surface area contributed by atoms with Crippen molar-refractivity contribution in [3.8, 4) is 6.07 Å². The van der Waals surface area contributed by atoms with Crippen LogP contribution in [0.4, 0.5) is 10.1 Å². The van der Waals surface area contributed by atoms with E-state index < -0.39 is 36.8 Å². The monoisotopic (exact) mass is 339 g/mol. The van der Waals surface area contributed by atoms with Gasteiger partial charge < -0.3 is 25.3 Å². The number of benzene rings is 1. The van der Waals surface area contributed by atoms with Crippen molar-refractivity contribution < 1.29 is 24.8 Å². The molecule has 4 N–H and O–H groups in total. The summed E-state index contributed by atoms with van der Waals surface area (Å²) >= 11 is 0. The molecule has 1 saturated heterocycles. The molecule has 0 spiro atoms. The van der Waals surface area contributed by atoms with Crippen LogP contribution >= 0.6 is 0 Å². The normalized spacial score (nSPS) is 27.8. The smallest absolute Gasteiger partial charge is 0.147 e. The van der Waals surface area contributed by atoms with Gasteiger partial charge in [0.2, 0.25) is 0 Å². The van der Waals surface area contributed by atoms with E-state index in [4.69, 9.17) is 0 Å². The van der Waals surface area contributed by atoms with Gasteiger partial charge in [-0.15, -0.1) is 0 Å². The Kier molecular flexibility index (Phi) is 5.74. The van der Waals surface area contributed by atoms with Gasteiger partial charge in [-0.1, -0.05) is 6.07 Å². The number of halogens is 1. The Hall–Kier alpha value is -1.76. The molecule has 1 aliphatic rings. The van der Waals surface area contributed by atoms with Crippen molar-refractivity contribution in [2.24, 2.45) is 0 Å². The molecule has 7 nitrogen and oxygen atoms in total. The van der Waals surface area contributed by atoms with E-state index in [0.717, 1.165) is 0 Å². The van der Waals surface area contributed by atoms with Crippen molar-refractivity contribution in [1.29, 1.82) is 5.26 Å². The van der Waals surface area contributed by atoms with Crippen molar-refractivity contribution >= 4 is 5.69 Å². The number of β-amino-alcohol motifs (C(OH)–C–C–N with tert-alkyl or cyclic N) is 1. The molecule has 0 unspecified atom stereocenters. The summed E-state index contributed by atoms with van der Waals surface area (Å²) in [6.45, 7) is -0.492. The lowest BCUT2D eigenvalue weighted by molar-refractivity contribution is -0.147. The van der Waals surface area contributed by atoms with Gasteiger partial charge in [0, 0.05) is 32.7 Å². The molecular formula is C16H22FN3O4. The number of nitriles is 1. The molecule has 24 heavy (non-hydrogen) atoms. The van der Waals surface area contributed by atoms with Crippen molar-refractivity contribution in [2.75, 3.05) is 32.1 Å². The highest BCUT2D eigenvalue weighted by Gasteiger charge is 2.41. The predicted octanol–water partition coefficient (Wildman–Crippen LogP) is -0.977. The Morgan fingerprint density at radius 3 is 2.50 bits per heavy atom. The first-order valence-corrected chi connectivity index (χ1v) is 7.59. The van der Waals surface area contributed by atoms with E-state index in [1.807, 2.05) is 6.07 Å². The van der Waals surface area contributed by atoms with Gasteiger partial charge in [0.1, 0.15) is 29.7 Å². The molecule has 0 radical (unpaired) electrons. The van der Waals surface area contributed by atoms with Crippen LogP contribution in [0.1, 0.15) is 11.1 Å². The van der Waals surface area contributed by atoms with Crippen LogP contribution < -0.4 is 4.90 Å². The summed E-state index contributed by atoms with van der Waals surface area (Å²) < 4.78 is 14.6. The molecule has 1 aromatic rings. The summed E-state index contributed by atoms with van der Waals surface area (Å²) in [7, 11) is 3.41. The molecule has 1 aromatic carbocycles. The van der Waals surface area contributed by atoms with Crippen LogP contribution in [0.25, 0.3) is 0 Å². The van der Waals surface area contributed by atoms with E-state index in [0.29, 0.717) is 5.69 Å². The maximum Gasteiger partial charge on any atom is 0.147 e. The minimum atomic E-state index is -1.37. The van der Waals surface area contributed by atoms with Crippen LogP contribution in [0.3, 0.4) is 0 Å². The first kappa shape index (κ1) is 18.6. The van der Waals surface area contributed by atoms with Gasteiger partial charge in [0.15, 0.2) is 0 Å². The molecule has 0 aliphatic carbocycles. The van der Waals surface area contributed by atoms with Gasteiger partial charge in [-0.25, -0.2) is 4.39 Å². The average molecular weight is 339 g/mol. The third-order valence-corrected chi connectivity index (χ3v) is 4.38. The number of aliphatic hydroxyl groups excluding tert-OH is 4. The van der Waals surface area contributed by atoms with Gasteiger partial charge in [-0.3, -0.25) is 4.90 Å². The van der Waals surface area contributed by atoms with E-state index in [9.17, 15) is 30.1 Å². The van der Waals surface area contributed by atoms with E-state index in [-0.39, 0.29) is 24.2 Å². The topological polar surface area (TPSA) is 111 Å². The van der Waals surface area contributed by atoms with Gasteiger partial charge in [0.05, 0.1) is 24.4 Å². The molecule has 1 heterocycles. The highest BCUT2D eigenvalue weighted by Crippen LogP contribution is 2.27. The van der Waals surface area contributed by atoms with E-state index >= 15 is 0 Å². The zero-order chi connectivity index (χ0) is 18.0. The summed E-state index contributed by atoms with van der Waals surface area (Å²) in [5, 5.41) is 48.2. The maximum atomic E-state index is 14.6. The maximum absolute atomic E-state index is 14.6. The van der Waals surface area contributed by atoms with Crippen molar-refractivity contribution in [3.05, 3.63) is 29.1 Å². The number of hydrogen-bond donors (Lipinski definition) is 4. The number of hydrogen-bond acceptors (Lipinski definition) is 7. The fourth-order valence-corrected chi connectivity index (χ4v) is 2.99. The zero-order valence-corrected chi connectivity index (χ0v) is 13.6. The molecular weight excluding hydrogens is 317 g/mol. The lowest BCUT2D eigenvalue weighted by atomic mass is 9.93. The Labute approximate surface area is 139 Å². The quantitative estimate of drug-likeness (QED) is 0.558. The highest BCUT2D eigenvalue weighted by molar-refractivity contribution is 5.60. The number of anilines is 1. The molecule has 0 amide bonds. The van der Waals surface area contributed by atoms with E-state index in [2.05, 4.69) is 0 Å². The molecule has 4 atom stereocenters. The number of aliphatic hydroxyl groups is 4. The Bertz CT molecular complexity index is 634. The average Bonchev–Trinajstić information content (AvgIpc) is 2.54. The second-order valence-electron chi connectivity index (χ2n) is 6.17. The predicted molar refractivity (Wildman–Crippen MR) is 84.7 cm³/mol. The summed E-state index contributed by atoms with van der Waals surface area (Å²) in [6.07, 6.45) is -3.92. The molecule has 0 saturated carbocycles. The van der Waals surface area contributed by atoms with Crippen molar-refractivity contribution in [2.45, 2.75) is 30.9 Å². The second kappa shape index (κ2) is 7.42. The number of piperidine rings is 1. The molecule has 1 fully saturated rings. The molecule has 0 bridgehead atoms. The molecule has 8 heteroatoms. The standard InChI is InChI=1S/C16H22FN3O4/c1-19(2)11-4-3-9(14(17)10(11)5-18)6-20-7-13(22)16(24)15(23)12(20)8-21/h3-4,12-13,15-16,21-24H,6-8H2,1-2H3/t12-,13-,15+,16+/m0/s1. The second-order valence-corrected chi connectivity index (χ2v) is 6.17. The minimum Gasteiger partial charge on any atom is -0.395 e. The minimum absolute atomic E-state index is 0.0136. The zero-order valence-electron chi connectivity index (χ0n) is 13.6. The van der Waals surface area contributed by atoms with Gasteiger partial charge in [-0.05, 0) is 6.07 Å². The van der Waals surface area contributed by atoms with Crippen molar-refractivity contribution in [3.63, 3.8) is 0 Å². The van der Waals surface area contributed by atoms with Crippen LogP contribution in [-0.2, 0) is 6.54 Å². The third-order valence-electron chi connectivity index (χ3n) is 4.38. The van der Waals surface area contributed by atoms with Crippen LogP contribution in [0.2, 0.25) is 0 Å². The lowest BCUT2D eigenvalue weighted by Crippen LogP contribution is -2.62.